The minimum atomic E-state index is -1.14. The second-order valence-electron chi connectivity index (χ2n) is 3.66. The Balaban J connectivity index is 2.26. The largest absolute Gasteiger partial charge is 0.477 e. The Morgan fingerprint density at radius 3 is 2.58 bits per heavy atom. The highest BCUT2D eigenvalue weighted by molar-refractivity contribution is 5.93. The summed E-state index contributed by atoms with van der Waals surface area (Å²) in [4.78, 5) is 25.6. The van der Waals surface area contributed by atoms with Crippen molar-refractivity contribution in [3.63, 3.8) is 0 Å². The van der Waals surface area contributed by atoms with E-state index in [0.717, 1.165) is 0 Å². The Labute approximate surface area is 108 Å². The molecule has 1 amide bonds. The molecule has 0 aliphatic carbocycles. The molecule has 1 heterocycles. The van der Waals surface area contributed by atoms with E-state index in [2.05, 4.69) is 4.98 Å². The quantitative estimate of drug-likeness (QED) is 0.868. The zero-order valence-corrected chi connectivity index (χ0v) is 9.74. The first-order valence-electron chi connectivity index (χ1n) is 5.34. The fraction of sp³-hybridized carbons (Fsp3) is 0. The van der Waals surface area contributed by atoms with Crippen LogP contribution in [0.5, 0.6) is 11.6 Å². The topological polar surface area (TPSA) is 103 Å². The summed E-state index contributed by atoms with van der Waals surface area (Å²) in [5.74, 6) is -1.23. The number of aromatic carboxylic acids is 1. The molecule has 3 N–H and O–H groups in total. The van der Waals surface area contributed by atoms with Crippen molar-refractivity contribution in [1.29, 1.82) is 0 Å². The molecular formula is C13H10N2O4. The van der Waals surface area contributed by atoms with E-state index in [1.54, 1.807) is 18.2 Å². The molecule has 0 saturated heterocycles. The van der Waals surface area contributed by atoms with Gasteiger partial charge in [0.05, 0.1) is 0 Å². The molecule has 96 valence electrons. The van der Waals surface area contributed by atoms with Gasteiger partial charge in [0.25, 0.3) is 0 Å². The first kappa shape index (κ1) is 12.6. The average Bonchev–Trinajstić information content (AvgIpc) is 2.39. The van der Waals surface area contributed by atoms with E-state index < -0.39 is 11.9 Å². The maximum Gasteiger partial charge on any atom is 0.354 e. The minimum Gasteiger partial charge on any atom is -0.477 e. The van der Waals surface area contributed by atoms with Gasteiger partial charge in [-0.2, -0.15) is 0 Å². The lowest BCUT2D eigenvalue weighted by atomic mass is 10.2. The number of aromatic nitrogens is 1. The van der Waals surface area contributed by atoms with E-state index >= 15 is 0 Å². The van der Waals surface area contributed by atoms with Gasteiger partial charge in [-0.15, -0.1) is 0 Å². The Hall–Kier alpha value is -2.89. The van der Waals surface area contributed by atoms with Crippen LogP contribution in [-0.4, -0.2) is 22.0 Å². The van der Waals surface area contributed by atoms with Crippen molar-refractivity contribution in [3.05, 3.63) is 53.7 Å². The highest BCUT2D eigenvalue weighted by Crippen LogP contribution is 2.20. The lowest BCUT2D eigenvalue weighted by Crippen LogP contribution is -2.10. The van der Waals surface area contributed by atoms with Gasteiger partial charge >= 0.3 is 5.97 Å². The van der Waals surface area contributed by atoms with E-state index in [1.165, 1.54) is 24.3 Å². The molecule has 0 fully saturated rings. The van der Waals surface area contributed by atoms with Gasteiger partial charge in [-0.25, -0.2) is 9.78 Å². The molecular weight excluding hydrogens is 248 g/mol. The number of nitrogens with two attached hydrogens (primary N) is 1. The van der Waals surface area contributed by atoms with E-state index in [9.17, 15) is 9.59 Å². The Morgan fingerprint density at radius 1 is 1.16 bits per heavy atom. The van der Waals surface area contributed by atoms with E-state index in [1.807, 2.05) is 0 Å². The van der Waals surface area contributed by atoms with Crippen LogP contribution in [0.25, 0.3) is 0 Å². The molecule has 0 radical (unpaired) electrons. The number of hydrogen-bond acceptors (Lipinski definition) is 4. The number of carboxylic acids is 1. The third-order valence-electron chi connectivity index (χ3n) is 2.28. The van der Waals surface area contributed by atoms with Crippen molar-refractivity contribution in [1.82, 2.24) is 4.98 Å². The molecule has 19 heavy (non-hydrogen) atoms. The maximum atomic E-state index is 11.0. The van der Waals surface area contributed by atoms with Gasteiger partial charge in [0.2, 0.25) is 11.8 Å². The lowest BCUT2D eigenvalue weighted by Gasteiger charge is -2.06. The number of carboxylic acid groups (broad SMARTS) is 1. The van der Waals surface area contributed by atoms with E-state index in [-0.39, 0.29) is 11.6 Å². The van der Waals surface area contributed by atoms with Crippen molar-refractivity contribution in [2.45, 2.75) is 0 Å². The van der Waals surface area contributed by atoms with Crippen LogP contribution in [0, 0.1) is 0 Å². The first-order valence-corrected chi connectivity index (χ1v) is 5.34. The van der Waals surface area contributed by atoms with Gasteiger partial charge in [-0.3, -0.25) is 4.79 Å². The third kappa shape index (κ3) is 3.06. The minimum absolute atomic E-state index is 0.122. The molecule has 0 aliphatic heterocycles. The second kappa shape index (κ2) is 5.18. The average molecular weight is 258 g/mol. The van der Waals surface area contributed by atoms with Crippen molar-refractivity contribution in [2.75, 3.05) is 0 Å². The Bertz CT molecular complexity index is 585. The molecule has 0 spiro atoms. The fourth-order valence-corrected chi connectivity index (χ4v) is 1.42. The van der Waals surface area contributed by atoms with Crippen LogP contribution in [0.1, 0.15) is 20.8 Å². The molecule has 2 aromatic rings. The second-order valence-corrected chi connectivity index (χ2v) is 3.66. The number of nitrogens with zero attached hydrogens (tertiary/aromatic N) is 1. The number of primary amides is 1. The SMILES string of the molecule is NC(=O)c1cccc(Oc2cccc(C(=O)O)n2)c1. The smallest absolute Gasteiger partial charge is 0.354 e. The summed E-state index contributed by atoms with van der Waals surface area (Å²) in [6.07, 6.45) is 0. The summed E-state index contributed by atoms with van der Waals surface area (Å²) >= 11 is 0. The molecule has 1 aromatic heterocycles. The summed E-state index contributed by atoms with van der Waals surface area (Å²) in [7, 11) is 0. The van der Waals surface area contributed by atoms with Gasteiger partial charge in [0, 0.05) is 11.6 Å². The highest BCUT2D eigenvalue weighted by Gasteiger charge is 2.07. The van der Waals surface area contributed by atoms with Crippen molar-refractivity contribution in [2.24, 2.45) is 5.73 Å². The van der Waals surface area contributed by atoms with Crippen LogP contribution >= 0.6 is 0 Å². The van der Waals surface area contributed by atoms with Crippen LogP contribution in [0.3, 0.4) is 0 Å². The van der Waals surface area contributed by atoms with E-state index in [0.29, 0.717) is 11.3 Å². The molecule has 1 aromatic carbocycles. The maximum absolute atomic E-state index is 11.0. The molecule has 0 saturated carbocycles. The van der Waals surface area contributed by atoms with Crippen LogP contribution < -0.4 is 10.5 Å². The molecule has 0 aliphatic rings. The number of carbonyl (C=O) groups excluding carboxylic acids is 1. The Morgan fingerprint density at radius 2 is 1.89 bits per heavy atom. The van der Waals surface area contributed by atoms with Gasteiger partial charge in [0.15, 0.2) is 5.69 Å². The zero-order valence-electron chi connectivity index (χ0n) is 9.74. The molecule has 0 atom stereocenters. The number of rotatable bonds is 4. The van der Waals surface area contributed by atoms with Crippen LogP contribution in [0.2, 0.25) is 0 Å². The molecule has 0 bridgehead atoms. The van der Waals surface area contributed by atoms with Gasteiger partial charge in [0.1, 0.15) is 5.75 Å². The molecule has 6 heteroatoms. The van der Waals surface area contributed by atoms with Crippen LogP contribution in [0.4, 0.5) is 0 Å². The number of carbonyl (C=O) groups is 2. The fourth-order valence-electron chi connectivity index (χ4n) is 1.42. The van der Waals surface area contributed by atoms with Gasteiger partial charge in [-0.1, -0.05) is 12.1 Å². The van der Waals surface area contributed by atoms with Crippen LogP contribution in [-0.2, 0) is 0 Å². The molecule has 0 unspecified atom stereocenters. The number of benzene rings is 1. The highest BCUT2D eigenvalue weighted by atomic mass is 16.5. The number of ether oxygens (including phenoxy) is 1. The normalized spacial score (nSPS) is 9.89. The molecule has 6 nitrogen and oxygen atoms in total. The van der Waals surface area contributed by atoms with Crippen molar-refractivity contribution in [3.8, 4) is 11.6 Å². The molecule has 2 rings (SSSR count). The standard InChI is InChI=1S/C13H10N2O4/c14-12(16)8-3-1-4-9(7-8)19-11-6-2-5-10(15-11)13(17)18/h1-7H,(H2,14,16)(H,17,18). The van der Waals surface area contributed by atoms with Crippen molar-refractivity contribution >= 4 is 11.9 Å². The summed E-state index contributed by atoms with van der Waals surface area (Å²) in [6.45, 7) is 0. The summed E-state index contributed by atoms with van der Waals surface area (Å²) < 4.78 is 5.38. The Kier molecular flexibility index (Phi) is 3.42. The summed E-state index contributed by atoms with van der Waals surface area (Å²) in [5.41, 5.74) is 5.33. The number of hydrogen-bond donors (Lipinski definition) is 2. The number of amides is 1. The first-order chi connectivity index (χ1) is 9.06. The zero-order chi connectivity index (χ0) is 13.8. The van der Waals surface area contributed by atoms with Gasteiger partial charge < -0.3 is 15.6 Å². The van der Waals surface area contributed by atoms with Crippen molar-refractivity contribution < 1.29 is 19.4 Å². The predicted molar refractivity (Wildman–Crippen MR) is 66.2 cm³/mol. The van der Waals surface area contributed by atoms with E-state index in [4.69, 9.17) is 15.6 Å². The third-order valence-corrected chi connectivity index (χ3v) is 2.28. The number of pyridine rings is 1. The van der Waals surface area contributed by atoms with Crippen LogP contribution in [0.15, 0.2) is 42.5 Å². The van der Waals surface area contributed by atoms with Gasteiger partial charge in [-0.05, 0) is 24.3 Å². The summed E-state index contributed by atoms with van der Waals surface area (Å²) in [5, 5.41) is 8.81. The lowest BCUT2D eigenvalue weighted by molar-refractivity contribution is 0.0689. The monoisotopic (exact) mass is 258 g/mol. The summed E-state index contributed by atoms with van der Waals surface area (Å²) in [6, 6.07) is 10.6. The predicted octanol–water partition coefficient (Wildman–Crippen LogP) is 1.67.